The number of rotatable bonds is 12. The van der Waals surface area contributed by atoms with Crippen LogP contribution in [0, 0.1) is 5.92 Å². The lowest BCUT2D eigenvalue weighted by molar-refractivity contribution is -0.129. The van der Waals surface area contributed by atoms with Gasteiger partial charge in [0, 0.05) is 27.2 Å². The normalized spacial score (nSPS) is 32.1. The Balaban J connectivity index is 1.51. The molecule has 3 amide bonds. The summed E-state index contributed by atoms with van der Waals surface area (Å²) in [7, 11) is 6.79. The fourth-order valence-corrected chi connectivity index (χ4v) is 5.45. The summed E-state index contributed by atoms with van der Waals surface area (Å²) in [5.74, 6) is -0.592. The largest absolute Gasteiger partial charge is 0.443 e. The van der Waals surface area contributed by atoms with Crippen molar-refractivity contribution in [1.29, 1.82) is 0 Å². The molecule has 37 heavy (non-hydrogen) atoms. The molecule has 2 saturated heterocycles. The Bertz CT molecular complexity index is 873. The molecule has 1 aliphatic carbocycles. The molecule has 2 heterocycles. The standard InChI is InChI=1S/C26H44N4O7/c1-17(2)8-9-19-25(3,37-19)23-22(34-7)18(10-11-26(23)16-35-26)36-24(33)28-20(31)15-29(5)12-13-30(6)21(32)14-27-4/h8,18-19,22-23,27H,9-16H2,1-7H3,(H,28,31,33)/t18?,19-,22?,23?,25+,26+/m1/s1. The van der Waals surface area contributed by atoms with Gasteiger partial charge in [-0.2, -0.15) is 0 Å². The van der Waals surface area contributed by atoms with E-state index in [0.29, 0.717) is 26.1 Å². The fourth-order valence-electron chi connectivity index (χ4n) is 5.45. The van der Waals surface area contributed by atoms with Gasteiger partial charge in [-0.1, -0.05) is 11.6 Å². The summed E-state index contributed by atoms with van der Waals surface area (Å²) in [5, 5.41) is 5.14. The number of allylic oxidation sites excluding steroid dienone is 1. The topological polar surface area (TPSA) is 125 Å². The van der Waals surface area contributed by atoms with E-state index in [9.17, 15) is 14.4 Å². The number of nitrogens with one attached hydrogen (secondary N) is 2. The summed E-state index contributed by atoms with van der Waals surface area (Å²) in [6.07, 6.45) is 2.64. The number of epoxide rings is 2. The van der Waals surface area contributed by atoms with E-state index in [4.69, 9.17) is 18.9 Å². The van der Waals surface area contributed by atoms with E-state index in [1.807, 2.05) is 0 Å². The third-order valence-corrected chi connectivity index (χ3v) is 7.72. The maximum absolute atomic E-state index is 12.6. The number of imide groups is 1. The molecule has 0 aromatic carbocycles. The summed E-state index contributed by atoms with van der Waals surface area (Å²) in [5.41, 5.74) is 0.498. The molecule has 210 valence electrons. The first kappa shape index (κ1) is 29.5. The zero-order chi connectivity index (χ0) is 27.4. The molecule has 11 nitrogen and oxygen atoms in total. The summed E-state index contributed by atoms with van der Waals surface area (Å²) in [6.45, 7) is 8.07. The molecule has 2 N–H and O–H groups in total. The highest BCUT2D eigenvalue weighted by Gasteiger charge is 2.72. The molecule has 1 saturated carbocycles. The molecule has 11 heteroatoms. The van der Waals surface area contributed by atoms with E-state index < -0.39 is 29.8 Å². The molecule has 0 radical (unpaired) electrons. The smallest absolute Gasteiger partial charge is 0.414 e. The monoisotopic (exact) mass is 524 g/mol. The minimum absolute atomic E-state index is 0.000931. The van der Waals surface area contributed by atoms with Crippen LogP contribution in [0.2, 0.25) is 0 Å². The second kappa shape index (κ2) is 12.2. The molecule has 0 bridgehead atoms. The number of carbonyl (C=O) groups excluding carboxylic acids is 3. The van der Waals surface area contributed by atoms with Crippen LogP contribution in [0.4, 0.5) is 4.79 Å². The Morgan fingerprint density at radius 3 is 2.49 bits per heavy atom. The molecule has 3 unspecified atom stereocenters. The van der Waals surface area contributed by atoms with Crippen LogP contribution in [0.15, 0.2) is 11.6 Å². The first-order chi connectivity index (χ1) is 17.5. The first-order valence-electron chi connectivity index (χ1n) is 13.0. The zero-order valence-corrected chi connectivity index (χ0v) is 23.3. The van der Waals surface area contributed by atoms with Crippen molar-refractivity contribution in [2.75, 3.05) is 61.0 Å². The minimum Gasteiger partial charge on any atom is -0.443 e. The zero-order valence-electron chi connectivity index (χ0n) is 23.3. The number of carbonyl (C=O) groups is 3. The van der Waals surface area contributed by atoms with Crippen molar-refractivity contribution in [2.24, 2.45) is 5.92 Å². The summed E-state index contributed by atoms with van der Waals surface area (Å²) >= 11 is 0. The van der Waals surface area contributed by atoms with Crippen molar-refractivity contribution >= 4 is 17.9 Å². The molecule has 3 rings (SSSR count). The van der Waals surface area contributed by atoms with E-state index in [0.717, 1.165) is 12.8 Å². The number of hydrogen-bond donors (Lipinski definition) is 2. The molecular weight excluding hydrogens is 480 g/mol. The number of ether oxygens (including phenoxy) is 4. The highest BCUT2D eigenvalue weighted by Crippen LogP contribution is 2.59. The lowest BCUT2D eigenvalue weighted by atomic mass is 9.68. The van der Waals surface area contributed by atoms with Crippen molar-refractivity contribution in [3.63, 3.8) is 0 Å². The van der Waals surface area contributed by atoms with Crippen molar-refractivity contribution in [2.45, 2.75) is 69.5 Å². The molecule has 6 atom stereocenters. The number of amides is 3. The van der Waals surface area contributed by atoms with Gasteiger partial charge < -0.3 is 29.2 Å². The molecule has 0 aromatic heterocycles. The van der Waals surface area contributed by atoms with Gasteiger partial charge >= 0.3 is 6.09 Å². The van der Waals surface area contributed by atoms with Crippen molar-refractivity contribution in [1.82, 2.24) is 20.4 Å². The lowest BCUT2D eigenvalue weighted by Gasteiger charge is -2.42. The van der Waals surface area contributed by atoms with Crippen molar-refractivity contribution in [3.8, 4) is 0 Å². The van der Waals surface area contributed by atoms with E-state index in [1.165, 1.54) is 5.57 Å². The number of hydrogen-bond acceptors (Lipinski definition) is 9. The molecule has 3 aliphatic rings. The summed E-state index contributed by atoms with van der Waals surface area (Å²) < 4.78 is 23.7. The Hall–Kier alpha value is -2.05. The van der Waals surface area contributed by atoms with Gasteiger partial charge in [0.05, 0.1) is 31.7 Å². The SMILES string of the molecule is CNCC(=O)N(C)CCN(C)CC(=O)NC(=O)OC1CC[C@]2(CO2)C([C@@]2(C)O[C@@H]2CC=C(C)C)C1OC. The quantitative estimate of drug-likeness (QED) is 0.283. The van der Waals surface area contributed by atoms with Crippen LogP contribution in [0.1, 0.15) is 40.0 Å². The number of alkyl carbamates (subject to hydrolysis) is 1. The highest BCUT2D eigenvalue weighted by molar-refractivity contribution is 5.92. The minimum atomic E-state index is -0.791. The van der Waals surface area contributed by atoms with Crippen LogP contribution in [0.5, 0.6) is 0 Å². The van der Waals surface area contributed by atoms with Gasteiger partial charge in [0.15, 0.2) is 0 Å². The Labute approximate surface area is 220 Å². The second-order valence-electron chi connectivity index (χ2n) is 11.0. The van der Waals surface area contributed by atoms with E-state index in [1.54, 1.807) is 38.1 Å². The number of methoxy groups -OCH3 is 1. The Kier molecular flexibility index (Phi) is 9.73. The van der Waals surface area contributed by atoms with E-state index in [2.05, 4.69) is 37.5 Å². The van der Waals surface area contributed by atoms with E-state index in [-0.39, 0.29) is 36.6 Å². The molecule has 3 fully saturated rings. The maximum Gasteiger partial charge on any atom is 0.414 e. The second-order valence-corrected chi connectivity index (χ2v) is 11.0. The third-order valence-electron chi connectivity index (χ3n) is 7.72. The predicted molar refractivity (Wildman–Crippen MR) is 137 cm³/mol. The average Bonchev–Trinajstić information content (AvgIpc) is 3.74. The van der Waals surface area contributed by atoms with Gasteiger partial charge in [-0.05, 0) is 54.1 Å². The van der Waals surface area contributed by atoms with Crippen molar-refractivity contribution < 1.29 is 33.3 Å². The van der Waals surface area contributed by atoms with Crippen LogP contribution in [-0.2, 0) is 28.5 Å². The Morgan fingerprint density at radius 1 is 1.19 bits per heavy atom. The van der Waals surface area contributed by atoms with Gasteiger partial charge in [-0.25, -0.2) is 4.79 Å². The highest BCUT2D eigenvalue weighted by atomic mass is 16.6. The third kappa shape index (κ3) is 7.29. The molecule has 1 spiro atoms. The van der Waals surface area contributed by atoms with Crippen LogP contribution < -0.4 is 10.6 Å². The van der Waals surface area contributed by atoms with Gasteiger partial charge in [0.1, 0.15) is 23.4 Å². The molecule has 0 aromatic rings. The molecule has 2 aliphatic heterocycles. The summed E-state index contributed by atoms with van der Waals surface area (Å²) in [6, 6.07) is 0. The number of likely N-dealkylation sites (N-methyl/N-ethyl adjacent to an activating group) is 3. The number of nitrogens with zero attached hydrogens (tertiary/aromatic N) is 2. The average molecular weight is 525 g/mol. The maximum atomic E-state index is 12.6. The van der Waals surface area contributed by atoms with Gasteiger partial charge in [-0.3, -0.25) is 19.8 Å². The van der Waals surface area contributed by atoms with Crippen LogP contribution in [0.3, 0.4) is 0 Å². The van der Waals surface area contributed by atoms with Crippen LogP contribution >= 0.6 is 0 Å². The van der Waals surface area contributed by atoms with Gasteiger partial charge in [0.2, 0.25) is 11.8 Å². The van der Waals surface area contributed by atoms with E-state index >= 15 is 0 Å². The summed E-state index contributed by atoms with van der Waals surface area (Å²) in [4.78, 5) is 40.2. The molecular formula is C26H44N4O7. The lowest BCUT2D eigenvalue weighted by Crippen LogP contribution is -2.56. The fraction of sp³-hybridized carbons (Fsp3) is 0.808. The van der Waals surface area contributed by atoms with Crippen LogP contribution in [-0.4, -0.2) is 118 Å². The first-order valence-corrected chi connectivity index (χ1v) is 13.0. The Morgan fingerprint density at radius 2 is 1.89 bits per heavy atom. The predicted octanol–water partition coefficient (Wildman–Crippen LogP) is 0.925. The van der Waals surface area contributed by atoms with Crippen LogP contribution in [0.25, 0.3) is 0 Å². The van der Waals surface area contributed by atoms with Gasteiger partial charge in [0.25, 0.3) is 0 Å². The van der Waals surface area contributed by atoms with Crippen molar-refractivity contribution in [3.05, 3.63) is 11.6 Å². The van der Waals surface area contributed by atoms with Gasteiger partial charge in [-0.15, -0.1) is 0 Å².